The first-order chi connectivity index (χ1) is 10.5. The second-order valence-corrected chi connectivity index (χ2v) is 6.03. The van der Waals surface area contributed by atoms with Gasteiger partial charge in [0.05, 0.1) is 12.9 Å². The quantitative estimate of drug-likeness (QED) is 0.628. The highest BCUT2D eigenvalue weighted by atomic mass is 32.2. The maximum atomic E-state index is 12.3. The van der Waals surface area contributed by atoms with Crippen molar-refractivity contribution in [2.75, 3.05) is 46.6 Å². The van der Waals surface area contributed by atoms with Crippen LogP contribution in [0.2, 0.25) is 0 Å². The summed E-state index contributed by atoms with van der Waals surface area (Å²) in [7, 11) is 5.18. The number of methoxy groups -OCH3 is 1. The van der Waals surface area contributed by atoms with E-state index in [1.54, 1.807) is 17.3 Å². The van der Waals surface area contributed by atoms with E-state index in [0.29, 0.717) is 18.8 Å². The summed E-state index contributed by atoms with van der Waals surface area (Å²) in [4.78, 5) is 31.2. The molecule has 1 aromatic rings. The van der Waals surface area contributed by atoms with E-state index >= 15 is 0 Å². The molecule has 1 aromatic heterocycles. The largest absolute Gasteiger partial charge is 0.468 e. The summed E-state index contributed by atoms with van der Waals surface area (Å²) in [6.07, 6.45) is 3.51. The molecule has 0 unspecified atom stereocenters. The van der Waals surface area contributed by atoms with Crippen LogP contribution in [0.15, 0.2) is 24.5 Å². The van der Waals surface area contributed by atoms with Crippen LogP contribution in [-0.2, 0) is 20.1 Å². The molecule has 122 valence electrons. The number of esters is 1. The summed E-state index contributed by atoms with van der Waals surface area (Å²) < 4.78 is 4.65. The molecule has 22 heavy (non-hydrogen) atoms. The highest BCUT2D eigenvalue weighted by Gasteiger charge is 2.17. The number of carbonyl (C=O) groups is 2. The minimum Gasteiger partial charge on any atom is -0.468 e. The van der Waals surface area contributed by atoms with Crippen molar-refractivity contribution < 1.29 is 14.3 Å². The first-order valence-electron chi connectivity index (χ1n) is 6.99. The molecule has 1 amide bonds. The van der Waals surface area contributed by atoms with Gasteiger partial charge in [-0.1, -0.05) is 6.07 Å². The van der Waals surface area contributed by atoms with Gasteiger partial charge in [0, 0.05) is 31.2 Å². The van der Waals surface area contributed by atoms with Gasteiger partial charge in [0.1, 0.15) is 6.54 Å². The zero-order valence-corrected chi connectivity index (χ0v) is 14.1. The Labute approximate surface area is 135 Å². The van der Waals surface area contributed by atoms with Crippen LogP contribution >= 0.6 is 11.8 Å². The predicted octanol–water partition coefficient (Wildman–Crippen LogP) is 0.878. The van der Waals surface area contributed by atoms with Gasteiger partial charge in [-0.15, -0.1) is 11.8 Å². The minimum absolute atomic E-state index is 0.00335. The third kappa shape index (κ3) is 7.42. The Morgan fingerprint density at radius 1 is 1.32 bits per heavy atom. The zero-order valence-electron chi connectivity index (χ0n) is 13.3. The van der Waals surface area contributed by atoms with Crippen molar-refractivity contribution >= 4 is 23.6 Å². The summed E-state index contributed by atoms with van der Waals surface area (Å²) in [5.41, 5.74) is 1.08. The van der Waals surface area contributed by atoms with E-state index in [4.69, 9.17) is 0 Å². The number of rotatable bonds is 9. The highest BCUT2D eigenvalue weighted by molar-refractivity contribution is 7.99. The second kappa shape index (κ2) is 10.2. The molecular weight excluding hydrogens is 302 g/mol. The fourth-order valence-electron chi connectivity index (χ4n) is 1.66. The van der Waals surface area contributed by atoms with Crippen LogP contribution in [0.5, 0.6) is 0 Å². The molecule has 0 saturated heterocycles. The van der Waals surface area contributed by atoms with Crippen LogP contribution < -0.4 is 0 Å². The topological polar surface area (TPSA) is 62.7 Å². The van der Waals surface area contributed by atoms with Crippen molar-refractivity contribution in [1.29, 1.82) is 0 Å². The van der Waals surface area contributed by atoms with E-state index in [2.05, 4.69) is 9.72 Å². The van der Waals surface area contributed by atoms with Crippen molar-refractivity contribution in [3.05, 3.63) is 30.1 Å². The number of carbonyl (C=O) groups excluding carboxylic acids is 2. The third-order valence-electron chi connectivity index (χ3n) is 2.93. The second-order valence-electron chi connectivity index (χ2n) is 5.05. The molecule has 0 bridgehead atoms. The summed E-state index contributed by atoms with van der Waals surface area (Å²) in [6.45, 7) is 1.21. The van der Waals surface area contributed by atoms with E-state index in [-0.39, 0.29) is 12.5 Å². The van der Waals surface area contributed by atoms with E-state index in [9.17, 15) is 9.59 Å². The van der Waals surface area contributed by atoms with Crippen LogP contribution in [0.1, 0.15) is 5.56 Å². The monoisotopic (exact) mass is 325 g/mol. The molecule has 0 aliphatic carbocycles. The van der Waals surface area contributed by atoms with Crippen molar-refractivity contribution in [2.45, 2.75) is 5.75 Å². The van der Waals surface area contributed by atoms with Gasteiger partial charge in [-0.25, -0.2) is 0 Å². The molecule has 0 atom stereocenters. The molecule has 1 rings (SSSR count). The maximum Gasteiger partial charge on any atom is 0.325 e. The Balaban J connectivity index is 2.45. The van der Waals surface area contributed by atoms with Crippen molar-refractivity contribution in [3.8, 4) is 0 Å². The first kappa shape index (κ1) is 18.4. The normalized spacial score (nSPS) is 10.5. The number of amides is 1. The molecule has 6 nitrogen and oxygen atoms in total. The average molecular weight is 325 g/mol. The standard InChI is InChI=1S/C15H23N3O3S/c1-17(2)7-8-18(10-15(20)21-3)14(19)12-22-11-13-5-4-6-16-9-13/h4-6,9H,7-8,10-12H2,1-3H3. The van der Waals surface area contributed by atoms with Crippen molar-refractivity contribution in [2.24, 2.45) is 0 Å². The van der Waals surface area contributed by atoms with Gasteiger partial charge in [-0.05, 0) is 25.7 Å². The number of aromatic nitrogens is 1. The van der Waals surface area contributed by atoms with Gasteiger partial charge in [-0.3, -0.25) is 14.6 Å². The Hall–Kier alpha value is -1.60. The van der Waals surface area contributed by atoms with Crippen LogP contribution in [0.3, 0.4) is 0 Å². The lowest BCUT2D eigenvalue weighted by atomic mass is 10.3. The Morgan fingerprint density at radius 3 is 2.68 bits per heavy atom. The lowest BCUT2D eigenvalue weighted by molar-refractivity contribution is -0.146. The number of nitrogens with zero attached hydrogens (tertiary/aromatic N) is 3. The zero-order chi connectivity index (χ0) is 16.4. The van der Waals surface area contributed by atoms with Gasteiger partial charge in [0.15, 0.2) is 0 Å². The van der Waals surface area contributed by atoms with E-state index in [0.717, 1.165) is 11.3 Å². The van der Waals surface area contributed by atoms with Gasteiger partial charge in [0.25, 0.3) is 0 Å². The Morgan fingerprint density at radius 2 is 2.09 bits per heavy atom. The van der Waals surface area contributed by atoms with Gasteiger partial charge >= 0.3 is 5.97 Å². The van der Waals surface area contributed by atoms with Gasteiger partial charge in [0.2, 0.25) is 5.91 Å². The Kier molecular flexibility index (Phi) is 8.54. The summed E-state index contributed by atoms with van der Waals surface area (Å²) in [5.74, 6) is 0.601. The maximum absolute atomic E-state index is 12.3. The van der Waals surface area contributed by atoms with E-state index < -0.39 is 5.97 Å². The molecule has 0 N–H and O–H groups in total. The summed E-state index contributed by atoms with van der Waals surface area (Å²) >= 11 is 1.51. The number of thioether (sulfide) groups is 1. The molecule has 1 heterocycles. The molecule has 0 radical (unpaired) electrons. The average Bonchev–Trinajstić information content (AvgIpc) is 2.51. The predicted molar refractivity (Wildman–Crippen MR) is 87.5 cm³/mol. The first-order valence-corrected chi connectivity index (χ1v) is 8.14. The van der Waals surface area contributed by atoms with Crippen molar-refractivity contribution in [1.82, 2.24) is 14.8 Å². The van der Waals surface area contributed by atoms with Crippen LogP contribution in [0.25, 0.3) is 0 Å². The number of likely N-dealkylation sites (N-methyl/N-ethyl adjacent to an activating group) is 1. The lowest BCUT2D eigenvalue weighted by Crippen LogP contribution is -2.41. The third-order valence-corrected chi connectivity index (χ3v) is 3.92. The SMILES string of the molecule is COC(=O)CN(CCN(C)C)C(=O)CSCc1cccnc1. The van der Waals surface area contributed by atoms with Crippen LogP contribution in [0, 0.1) is 0 Å². The van der Waals surface area contributed by atoms with E-state index in [1.807, 2.05) is 31.1 Å². The highest BCUT2D eigenvalue weighted by Crippen LogP contribution is 2.11. The van der Waals surface area contributed by atoms with Gasteiger partial charge < -0.3 is 14.5 Å². The Bertz CT molecular complexity index is 468. The number of hydrogen-bond acceptors (Lipinski definition) is 6. The number of pyridine rings is 1. The molecule has 7 heteroatoms. The fourth-order valence-corrected chi connectivity index (χ4v) is 2.53. The van der Waals surface area contributed by atoms with Crippen LogP contribution in [-0.4, -0.2) is 73.3 Å². The number of ether oxygens (including phenoxy) is 1. The summed E-state index contributed by atoms with van der Waals surface area (Å²) in [5, 5.41) is 0. The summed E-state index contributed by atoms with van der Waals surface area (Å²) in [6, 6.07) is 3.85. The van der Waals surface area contributed by atoms with Crippen LogP contribution in [0.4, 0.5) is 0 Å². The minimum atomic E-state index is -0.399. The molecule has 0 aromatic carbocycles. The number of hydrogen-bond donors (Lipinski definition) is 0. The molecule has 0 aliphatic heterocycles. The molecule has 0 spiro atoms. The van der Waals surface area contributed by atoms with E-state index in [1.165, 1.54) is 18.9 Å². The smallest absolute Gasteiger partial charge is 0.325 e. The molecular formula is C15H23N3O3S. The molecule has 0 saturated carbocycles. The molecule has 0 aliphatic rings. The van der Waals surface area contributed by atoms with Crippen molar-refractivity contribution in [3.63, 3.8) is 0 Å². The molecule has 0 fully saturated rings. The fraction of sp³-hybridized carbons (Fsp3) is 0.533. The van der Waals surface area contributed by atoms with Gasteiger partial charge in [-0.2, -0.15) is 0 Å². The lowest BCUT2D eigenvalue weighted by Gasteiger charge is -2.23.